The van der Waals surface area contributed by atoms with Crippen molar-refractivity contribution in [3.63, 3.8) is 0 Å². The molecule has 0 aliphatic rings. The van der Waals surface area contributed by atoms with Gasteiger partial charge in [0.05, 0.1) is 12.1 Å². The molecule has 0 bridgehead atoms. The molecule has 0 saturated carbocycles. The number of benzene rings is 2. The van der Waals surface area contributed by atoms with Gasteiger partial charge in [-0.3, -0.25) is 9.78 Å². The third-order valence-electron chi connectivity index (χ3n) is 3.91. The Bertz CT molecular complexity index is 1030. The van der Waals surface area contributed by atoms with Crippen molar-refractivity contribution >= 4 is 33.1 Å². The van der Waals surface area contributed by atoms with E-state index in [1.165, 1.54) is 16.7 Å². The Morgan fingerprint density at radius 1 is 1.00 bits per heavy atom. The molecule has 0 unspecified atom stereocenters. The van der Waals surface area contributed by atoms with E-state index in [1.807, 2.05) is 41.8 Å². The number of anilines is 1. The van der Waals surface area contributed by atoms with E-state index < -0.39 is 0 Å². The van der Waals surface area contributed by atoms with Crippen LogP contribution >= 0.6 is 11.3 Å². The predicted octanol–water partition coefficient (Wildman–Crippen LogP) is 4.54. The summed E-state index contributed by atoms with van der Waals surface area (Å²) in [4.78, 5) is 20.8. The number of rotatable bonds is 4. The summed E-state index contributed by atoms with van der Waals surface area (Å²) < 4.78 is 0. The molecule has 1 amide bonds. The third kappa shape index (κ3) is 3.56. The molecule has 0 spiro atoms. The lowest BCUT2D eigenvalue weighted by molar-refractivity contribution is -0.115. The molecule has 0 fully saturated rings. The zero-order valence-electron chi connectivity index (χ0n) is 13.3. The minimum atomic E-state index is -0.0640. The van der Waals surface area contributed by atoms with E-state index in [0.717, 1.165) is 22.2 Å². The highest BCUT2D eigenvalue weighted by atomic mass is 32.1. The van der Waals surface area contributed by atoms with Gasteiger partial charge in [0.15, 0.2) is 5.13 Å². The summed E-state index contributed by atoms with van der Waals surface area (Å²) >= 11 is 1.42. The number of nitrogens with one attached hydrogen (secondary N) is 1. The average Bonchev–Trinajstić information content (AvgIpc) is 3.10. The first-order valence-corrected chi connectivity index (χ1v) is 8.79. The molecular formula is C20H15N3OS. The van der Waals surface area contributed by atoms with Crippen molar-refractivity contribution in [1.82, 2.24) is 9.97 Å². The molecule has 2 aromatic carbocycles. The second-order valence-electron chi connectivity index (χ2n) is 5.68. The monoisotopic (exact) mass is 345 g/mol. The van der Waals surface area contributed by atoms with Crippen molar-refractivity contribution in [2.45, 2.75) is 6.42 Å². The molecule has 25 heavy (non-hydrogen) atoms. The smallest absolute Gasteiger partial charge is 0.230 e. The minimum absolute atomic E-state index is 0.0640. The van der Waals surface area contributed by atoms with E-state index in [0.29, 0.717) is 11.6 Å². The topological polar surface area (TPSA) is 54.9 Å². The van der Waals surface area contributed by atoms with Crippen molar-refractivity contribution in [3.05, 3.63) is 77.9 Å². The van der Waals surface area contributed by atoms with Gasteiger partial charge in [-0.2, -0.15) is 0 Å². The van der Waals surface area contributed by atoms with Gasteiger partial charge in [0.1, 0.15) is 0 Å². The number of pyridine rings is 1. The first kappa shape index (κ1) is 15.5. The zero-order valence-corrected chi connectivity index (χ0v) is 14.2. The van der Waals surface area contributed by atoms with E-state index in [4.69, 9.17) is 0 Å². The lowest BCUT2D eigenvalue weighted by Gasteiger charge is -2.04. The number of aromatic nitrogens is 2. The van der Waals surface area contributed by atoms with Crippen LogP contribution < -0.4 is 5.32 Å². The van der Waals surface area contributed by atoms with Crippen LogP contribution in [0.1, 0.15) is 5.56 Å². The molecule has 4 nitrogen and oxygen atoms in total. The largest absolute Gasteiger partial charge is 0.302 e. The van der Waals surface area contributed by atoms with Gasteiger partial charge in [-0.05, 0) is 28.5 Å². The average molecular weight is 345 g/mol. The highest BCUT2D eigenvalue weighted by Crippen LogP contribution is 2.24. The fourth-order valence-corrected chi connectivity index (χ4v) is 3.42. The number of hydrogen-bond acceptors (Lipinski definition) is 4. The quantitative estimate of drug-likeness (QED) is 0.591. The number of hydrogen-bond donors (Lipinski definition) is 1. The summed E-state index contributed by atoms with van der Waals surface area (Å²) in [6.45, 7) is 0. The van der Waals surface area contributed by atoms with Gasteiger partial charge in [-0.25, -0.2) is 4.98 Å². The Kier molecular flexibility index (Phi) is 4.23. The molecule has 0 atom stereocenters. The van der Waals surface area contributed by atoms with E-state index in [9.17, 15) is 4.79 Å². The maximum atomic E-state index is 12.3. The Balaban J connectivity index is 1.46. The fraction of sp³-hybridized carbons (Fsp3) is 0.0500. The normalized spacial score (nSPS) is 10.7. The lowest BCUT2D eigenvalue weighted by atomic mass is 10.1. The van der Waals surface area contributed by atoms with Crippen LogP contribution in [0.3, 0.4) is 0 Å². The van der Waals surface area contributed by atoms with Gasteiger partial charge in [0.2, 0.25) is 5.91 Å². The molecule has 4 aromatic rings. The molecule has 122 valence electrons. The molecule has 0 radical (unpaired) electrons. The maximum absolute atomic E-state index is 12.3. The maximum Gasteiger partial charge on any atom is 0.230 e. The zero-order chi connectivity index (χ0) is 17.1. The molecule has 5 heteroatoms. The van der Waals surface area contributed by atoms with Crippen molar-refractivity contribution < 1.29 is 4.79 Å². The third-order valence-corrected chi connectivity index (χ3v) is 4.66. The van der Waals surface area contributed by atoms with Gasteiger partial charge < -0.3 is 5.32 Å². The first-order chi connectivity index (χ1) is 12.3. The van der Waals surface area contributed by atoms with E-state index >= 15 is 0 Å². The molecule has 1 N–H and O–H groups in total. The minimum Gasteiger partial charge on any atom is -0.302 e. The van der Waals surface area contributed by atoms with Crippen LogP contribution in [0.15, 0.2) is 72.4 Å². The van der Waals surface area contributed by atoms with Gasteiger partial charge in [-0.1, -0.05) is 42.5 Å². The summed E-state index contributed by atoms with van der Waals surface area (Å²) in [5.41, 5.74) is 2.82. The Hall–Kier alpha value is -3.05. The second kappa shape index (κ2) is 6.83. The second-order valence-corrected chi connectivity index (χ2v) is 6.54. The Labute approximate surface area is 149 Å². The lowest BCUT2D eigenvalue weighted by Crippen LogP contribution is -2.14. The number of fused-ring (bicyclic) bond motifs is 1. The molecule has 2 aromatic heterocycles. The number of nitrogens with zero attached hydrogens (tertiary/aromatic N) is 2. The SMILES string of the molecule is O=C(Cc1ccc2ccccc2c1)Nc1nc(-c2ccncc2)cs1. The first-order valence-electron chi connectivity index (χ1n) is 7.91. The van der Waals surface area contributed by atoms with Crippen LogP contribution in [0.25, 0.3) is 22.0 Å². The van der Waals surface area contributed by atoms with Gasteiger partial charge >= 0.3 is 0 Å². The highest BCUT2D eigenvalue weighted by molar-refractivity contribution is 7.14. The predicted molar refractivity (Wildman–Crippen MR) is 102 cm³/mol. The van der Waals surface area contributed by atoms with Crippen molar-refractivity contribution in [3.8, 4) is 11.3 Å². The van der Waals surface area contributed by atoms with Crippen LogP contribution in [0.2, 0.25) is 0 Å². The van der Waals surface area contributed by atoms with Crippen LogP contribution in [0, 0.1) is 0 Å². The van der Waals surface area contributed by atoms with Crippen molar-refractivity contribution in [2.24, 2.45) is 0 Å². The summed E-state index contributed by atoms with van der Waals surface area (Å²) in [6, 6.07) is 18.0. The Morgan fingerprint density at radius 2 is 1.80 bits per heavy atom. The molecule has 4 rings (SSSR count). The number of carbonyl (C=O) groups is 1. The fourth-order valence-electron chi connectivity index (χ4n) is 2.68. The summed E-state index contributed by atoms with van der Waals surface area (Å²) in [5.74, 6) is -0.0640. The van der Waals surface area contributed by atoms with Gasteiger partial charge in [-0.15, -0.1) is 11.3 Å². The number of amides is 1. The number of thiazole rings is 1. The molecule has 2 heterocycles. The number of carbonyl (C=O) groups excluding carboxylic acids is 1. The van der Waals surface area contributed by atoms with Crippen molar-refractivity contribution in [1.29, 1.82) is 0 Å². The molecule has 0 saturated heterocycles. The summed E-state index contributed by atoms with van der Waals surface area (Å²) in [7, 11) is 0. The highest BCUT2D eigenvalue weighted by Gasteiger charge is 2.09. The molecule has 0 aliphatic carbocycles. The van der Waals surface area contributed by atoms with Crippen LogP contribution in [-0.2, 0) is 11.2 Å². The van der Waals surface area contributed by atoms with E-state index in [1.54, 1.807) is 12.4 Å². The Morgan fingerprint density at radius 3 is 2.64 bits per heavy atom. The summed E-state index contributed by atoms with van der Waals surface area (Å²) in [5, 5.41) is 7.74. The van der Waals surface area contributed by atoms with Gasteiger partial charge in [0, 0.05) is 23.3 Å². The standard InChI is InChI=1S/C20H15N3OS/c24-19(12-14-5-6-15-3-1-2-4-17(15)11-14)23-20-22-18(13-25-20)16-7-9-21-10-8-16/h1-11,13H,12H2,(H,22,23,24). The molecular weight excluding hydrogens is 330 g/mol. The van der Waals surface area contributed by atoms with E-state index in [-0.39, 0.29) is 5.91 Å². The van der Waals surface area contributed by atoms with Gasteiger partial charge in [0.25, 0.3) is 0 Å². The van der Waals surface area contributed by atoms with Crippen LogP contribution in [0.4, 0.5) is 5.13 Å². The van der Waals surface area contributed by atoms with Crippen LogP contribution in [-0.4, -0.2) is 15.9 Å². The molecule has 0 aliphatic heterocycles. The summed E-state index contributed by atoms with van der Waals surface area (Å²) in [6.07, 6.45) is 3.79. The van der Waals surface area contributed by atoms with Crippen LogP contribution in [0.5, 0.6) is 0 Å². The van der Waals surface area contributed by atoms with E-state index in [2.05, 4.69) is 33.5 Å². The van der Waals surface area contributed by atoms with Crippen molar-refractivity contribution in [2.75, 3.05) is 5.32 Å².